The average Bonchev–Trinajstić information content (AvgIpc) is 2.99. The molecule has 4 aliphatic carbocycles. The fourth-order valence-electron chi connectivity index (χ4n) is 7.20. The molecule has 1 spiro atoms. The Bertz CT molecular complexity index is 885. The molecule has 0 amide bonds. The molecule has 0 aromatic heterocycles. The third kappa shape index (κ3) is 2.62. The minimum absolute atomic E-state index is 0.0216. The number of carbonyl (C=O) groups excluding carboxylic acids is 1. The van der Waals surface area contributed by atoms with Gasteiger partial charge in [0, 0.05) is 12.3 Å². The van der Waals surface area contributed by atoms with Crippen LogP contribution in [-0.2, 0) is 16.1 Å². The van der Waals surface area contributed by atoms with Crippen molar-refractivity contribution in [3.63, 3.8) is 0 Å². The lowest BCUT2D eigenvalue weighted by Crippen LogP contribution is -2.54. The molecule has 0 aliphatic heterocycles. The van der Waals surface area contributed by atoms with E-state index in [2.05, 4.69) is 19.9 Å². The van der Waals surface area contributed by atoms with Crippen LogP contribution >= 0.6 is 0 Å². The van der Waals surface area contributed by atoms with Crippen LogP contribution in [0.1, 0.15) is 58.4 Å². The Labute approximate surface area is 179 Å². The highest BCUT2D eigenvalue weighted by molar-refractivity contribution is 5.89. The molecule has 3 fully saturated rings. The first-order chi connectivity index (χ1) is 14.2. The lowest BCUT2D eigenvalue weighted by molar-refractivity contribution is -0.150. The van der Waals surface area contributed by atoms with Gasteiger partial charge in [-0.3, -0.25) is 4.79 Å². The Morgan fingerprint density at radius 3 is 2.57 bits per heavy atom. The fraction of sp³-hybridized carbons (Fsp3) is 0.654. The first-order valence-corrected chi connectivity index (χ1v) is 11.4. The van der Waals surface area contributed by atoms with Gasteiger partial charge in [-0.15, -0.1) is 0 Å². The van der Waals surface area contributed by atoms with Gasteiger partial charge in [0.25, 0.3) is 0 Å². The van der Waals surface area contributed by atoms with Gasteiger partial charge >= 0.3 is 0 Å². The van der Waals surface area contributed by atoms with Crippen LogP contribution in [0.4, 0.5) is 0 Å². The largest absolute Gasteiger partial charge is 0.497 e. The molecule has 3 saturated carbocycles. The third-order valence-electron chi connectivity index (χ3n) is 9.22. The van der Waals surface area contributed by atoms with Crippen molar-refractivity contribution in [3.8, 4) is 5.75 Å². The number of Topliss-reactive ketones (excluding diaryl/α,β-unsaturated/α-hetero) is 1. The molecule has 6 atom stereocenters. The number of aliphatic hydroxyl groups is 1. The number of carbonyl (C=O) groups is 1. The van der Waals surface area contributed by atoms with E-state index in [0.29, 0.717) is 24.9 Å². The molecule has 4 heteroatoms. The van der Waals surface area contributed by atoms with E-state index in [1.807, 2.05) is 31.2 Å². The summed E-state index contributed by atoms with van der Waals surface area (Å²) in [6.45, 7) is 7.14. The van der Waals surface area contributed by atoms with Gasteiger partial charge in [-0.05, 0) is 73.1 Å². The third-order valence-corrected chi connectivity index (χ3v) is 9.22. The predicted molar refractivity (Wildman–Crippen MR) is 115 cm³/mol. The highest BCUT2D eigenvalue weighted by Crippen LogP contribution is 2.70. The minimum atomic E-state index is -1.01. The SMILES string of the molecule is COc1ccc(CO[C@H]2CC[C@@]34C(=O)CC[C@@H]5[C@H](C[C@]3(O)C(C)=C[C@@H]24)C5(C)C)cc1. The van der Waals surface area contributed by atoms with Gasteiger partial charge in [-0.1, -0.05) is 32.1 Å². The van der Waals surface area contributed by atoms with E-state index in [1.165, 1.54) is 0 Å². The number of hydrogen-bond donors (Lipinski definition) is 1. The molecule has 5 rings (SSSR count). The molecular formula is C26H34O4. The lowest BCUT2D eigenvalue weighted by Gasteiger charge is -2.44. The molecule has 162 valence electrons. The molecule has 30 heavy (non-hydrogen) atoms. The van der Waals surface area contributed by atoms with E-state index in [9.17, 15) is 9.90 Å². The molecule has 4 aliphatic rings. The van der Waals surface area contributed by atoms with Crippen molar-refractivity contribution in [2.24, 2.45) is 28.6 Å². The van der Waals surface area contributed by atoms with E-state index in [0.717, 1.165) is 42.6 Å². The summed E-state index contributed by atoms with van der Waals surface area (Å²) in [5.74, 6) is 2.15. The van der Waals surface area contributed by atoms with E-state index in [4.69, 9.17) is 9.47 Å². The molecule has 0 radical (unpaired) electrons. The number of fused-ring (bicyclic) bond motifs is 1. The Hall–Kier alpha value is -1.65. The summed E-state index contributed by atoms with van der Waals surface area (Å²) in [5.41, 5.74) is 0.622. The van der Waals surface area contributed by atoms with Crippen molar-refractivity contribution in [1.29, 1.82) is 0 Å². The van der Waals surface area contributed by atoms with Gasteiger partial charge in [0.2, 0.25) is 0 Å². The van der Waals surface area contributed by atoms with Gasteiger partial charge in [-0.2, -0.15) is 0 Å². The topological polar surface area (TPSA) is 55.8 Å². The van der Waals surface area contributed by atoms with Gasteiger partial charge in [0.1, 0.15) is 11.5 Å². The van der Waals surface area contributed by atoms with Gasteiger partial charge in [0.15, 0.2) is 0 Å². The molecule has 1 aromatic carbocycles. The van der Waals surface area contributed by atoms with Crippen LogP contribution in [0.2, 0.25) is 0 Å². The summed E-state index contributed by atoms with van der Waals surface area (Å²) in [7, 11) is 1.66. The summed E-state index contributed by atoms with van der Waals surface area (Å²) >= 11 is 0. The maximum Gasteiger partial charge on any atom is 0.142 e. The zero-order chi connectivity index (χ0) is 21.3. The normalized spacial score (nSPS) is 41.2. The lowest BCUT2D eigenvalue weighted by atomic mass is 9.61. The van der Waals surface area contributed by atoms with Crippen molar-refractivity contribution in [2.75, 3.05) is 7.11 Å². The summed E-state index contributed by atoms with van der Waals surface area (Å²) in [6.07, 6.45) is 6.00. The summed E-state index contributed by atoms with van der Waals surface area (Å²) < 4.78 is 11.6. The molecule has 0 bridgehead atoms. The first-order valence-electron chi connectivity index (χ1n) is 11.4. The highest BCUT2D eigenvalue weighted by atomic mass is 16.5. The highest BCUT2D eigenvalue weighted by Gasteiger charge is 2.72. The zero-order valence-electron chi connectivity index (χ0n) is 18.6. The van der Waals surface area contributed by atoms with Crippen LogP contribution in [-0.4, -0.2) is 29.7 Å². The van der Waals surface area contributed by atoms with Crippen molar-refractivity contribution in [2.45, 2.75) is 71.2 Å². The van der Waals surface area contributed by atoms with E-state index in [1.54, 1.807) is 7.11 Å². The second-order valence-corrected chi connectivity index (χ2v) is 10.6. The van der Waals surface area contributed by atoms with Crippen LogP contribution < -0.4 is 4.74 Å². The molecule has 0 heterocycles. The summed E-state index contributed by atoms with van der Waals surface area (Å²) in [5, 5.41) is 12.0. The molecule has 4 nitrogen and oxygen atoms in total. The Morgan fingerprint density at radius 2 is 1.87 bits per heavy atom. The molecule has 1 aromatic rings. The van der Waals surface area contributed by atoms with Crippen LogP contribution in [0.3, 0.4) is 0 Å². The maximum absolute atomic E-state index is 13.6. The predicted octanol–water partition coefficient (Wildman–Crippen LogP) is 4.69. The summed E-state index contributed by atoms with van der Waals surface area (Å²) in [6, 6.07) is 7.93. The number of methoxy groups -OCH3 is 1. The standard InChI is InChI=1S/C26H34O4/c1-16-13-20-22(30-15-17-5-7-18(29-4)8-6-17)11-12-25(20)23(27)10-9-19-21(24(19,2)3)14-26(16,25)28/h5-8,13,19-22,28H,9-12,14-15H2,1-4H3/t19-,20+,21+,22+,25-,26+/m1/s1. The van der Waals surface area contributed by atoms with Crippen LogP contribution in [0.25, 0.3) is 0 Å². The van der Waals surface area contributed by atoms with Gasteiger partial charge in [0.05, 0.1) is 30.8 Å². The second kappa shape index (κ2) is 6.67. The van der Waals surface area contributed by atoms with Crippen molar-refractivity contribution >= 4 is 5.78 Å². The van der Waals surface area contributed by atoms with Crippen LogP contribution in [0.15, 0.2) is 35.9 Å². The number of hydrogen-bond acceptors (Lipinski definition) is 4. The average molecular weight is 411 g/mol. The second-order valence-electron chi connectivity index (χ2n) is 10.6. The number of benzene rings is 1. The monoisotopic (exact) mass is 410 g/mol. The van der Waals surface area contributed by atoms with Crippen LogP contribution in [0.5, 0.6) is 5.75 Å². The quantitative estimate of drug-likeness (QED) is 0.732. The maximum atomic E-state index is 13.6. The molecule has 0 saturated heterocycles. The molecule has 1 N–H and O–H groups in total. The molecule has 0 unspecified atom stereocenters. The van der Waals surface area contributed by atoms with E-state index < -0.39 is 11.0 Å². The Balaban J connectivity index is 1.39. The van der Waals surface area contributed by atoms with E-state index in [-0.39, 0.29) is 23.2 Å². The van der Waals surface area contributed by atoms with Crippen molar-refractivity contribution in [3.05, 3.63) is 41.5 Å². The fourth-order valence-corrected chi connectivity index (χ4v) is 7.20. The van der Waals surface area contributed by atoms with Crippen LogP contribution in [0, 0.1) is 28.6 Å². The molecular weight excluding hydrogens is 376 g/mol. The summed E-state index contributed by atoms with van der Waals surface area (Å²) in [4.78, 5) is 13.6. The first kappa shape index (κ1) is 20.3. The van der Waals surface area contributed by atoms with Crippen molar-refractivity contribution < 1.29 is 19.4 Å². The minimum Gasteiger partial charge on any atom is -0.497 e. The zero-order valence-corrected chi connectivity index (χ0v) is 18.6. The van der Waals surface area contributed by atoms with Gasteiger partial charge < -0.3 is 14.6 Å². The van der Waals surface area contributed by atoms with Crippen molar-refractivity contribution in [1.82, 2.24) is 0 Å². The Morgan fingerprint density at radius 1 is 1.13 bits per heavy atom. The number of rotatable bonds is 4. The van der Waals surface area contributed by atoms with E-state index >= 15 is 0 Å². The number of ketones is 1. The Kier molecular flexibility index (Phi) is 4.51. The number of ether oxygens (including phenoxy) is 2. The smallest absolute Gasteiger partial charge is 0.142 e. The van der Waals surface area contributed by atoms with Gasteiger partial charge in [-0.25, -0.2) is 0 Å².